The van der Waals surface area contributed by atoms with E-state index >= 15 is 0 Å². The monoisotopic (exact) mass is 307 g/mol. The Bertz CT molecular complexity index is 654. The summed E-state index contributed by atoms with van der Waals surface area (Å²) in [6, 6.07) is 5.35. The molecule has 0 aliphatic heterocycles. The molecular weight excluding hydrogens is 290 g/mol. The molecule has 2 heterocycles. The van der Waals surface area contributed by atoms with Gasteiger partial charge < -0.3 is 10.5 Å². The van der Waals surface area contributed by atoms with Gasteiger partial charge in [-0.05, 0) is 38.3 Å². The Morgan fingerprint density at radius 1 is 1.43 bits per heavy atom. The standard InChI is InChI=1S/C14H17N3O3S/c1-14(2,3)20-12(18)8-17-10(11-5-4-6-21-11)7-9(16-17)13(15)19/h4-7H,8H2,1-3H3,(H2,15,19). The molecule has 0 radical (unpaired) electrons. The van der Waals surface area contributed by atoms with Crippen LogP contribution in [0.1, 0.15) is 31.3 Å². The molecule has 2 rings (SSSR count). The van der Waals surface area contributed by atoms with Crippen LogP contribution < -0.4 is 5.73 Å². The van der Waals surface area contributed by atoms with Crippen molar-refractivity contribution >= 4 is 23.2 Å². The number of thiophene rings is 1. The van der Waals surface area contributed by atoms with Crippen molar-refractivity contribution in [1.82, 2.24) is 9.78 Å². The predicted molar refractivity (Wildman–Crippen MR) is 79.9 cm³/mol. The molecule has 0 aliphatic rings. The summed E-state index contributed by atoms with van der Waals surface area (Å²) in [5.74, 6) is -1.05. The number of carbonyl (C=O) groups is 2. The second-order valence-corrected chi connectivity index (χ2v) is 6.45. The molecule has 1 amide bonds. The Labute approximate surface area is 126 Å². The average Bonchev–Trinajstić information content (AvgIpc) is 2.93. The SMILES string of the molecule is CC(C)(C)OC(=O)Cn1nc(C(N)=O)cc1-c1cccs1. The van der Waals surface area contributed by atoms with Gasteiger partial charge in [-0.15, -0.1) is 11.3 Å². The Morgan fingerprint density at radius 2 is 2.14 bits per heavy atom. The van der Waals surface area contributed by atoms with Gasteiger partial charge in [-0.1, -0.05) is 6.07 Å². The first-order valence-corrected chi connectivity index (χ1v) is 7.27. The predicted octanol–water partition coefficient (Wildman–Crippen LogP) is 2.05. The highest BCUT2D eigenvalue weighted by atomic mass is 32.1. The Balaban J connectivity index is 2.30. The number of esters is 1. The largest absolute Gasteiger partial charge is 0.459 e. The molecule has 7 heteroatoms. The second kappa shape index (κ2) is 5.69. The highest BCUT2D eigenvalue weighted by Gasteiger charge is 2.20. The normalized spacial score (nSPS) is 11.4. The first kappa shape index (κ1) is 15.2. The maximum Gasteiger partial charge on any atom is 0.328 e. The minimum Gasteiger partial charge on any atom is -0.459 e. The number of amides is 1. The van der Waals surface area contributed by atoms with Crippen LogP contribution in [-0.4, -0.2) is 27.3 Å². The topological polar surface area (TPSA) is 87.2 Å². The lowest BCUT2D eigenvalue weighted by atomic mass is 10.2. The zero-order valence-electron chi connectivity index (χ0n) is 12.1. The number of hydrogen-bond acceptors (Lipinski definition) is 5. The van der Waals surface area contributed by atoms with Crippen molar-refractivity contribution in [2.45, 2.75) is 32.9 Å². The third kappa shape index (κ3) is 3.91. The molecule has 0 fully saturated rings. The van der Waals surface area contributed by atoms with Crippen molar-refractivity contribution in [2.24, 2.45) is 5.73 Å². The summed E-state index contributed by atoms with van der Waals surface area (Å²) in [5, 5.41) is 5.99. The fraction of sp³-hybridized carbons (Fsp3) is 0.357. The van der Waals surface area contributed by atoms with E-state index in [-0.39, 0.29) is 12.2 Å². The quantitative estimate of drug-likeness (QED) is 0.876. The number of carbonyl (C=O) groups excluding carboxylic acids is 2. The Hall–Kier alpha value is -2.15. The maximum absolute atomic E-state index is 11.9. The lowest BCUT2D eigenvalue weighted by Crippen LogP contribution is -2.27. The van der Waals surface area contributed by atoms with E-state index in [0.29, 0.717) is 5.69 Å². The number of nitrogens with two attached hydrogens (primary N) is 1. The van der Waals surface area contributed by atoms with Gasteiger partial charge in [0, 0.05) is 0 Å². The molecule has 0 saturated carbocycles. The summed E-state index contributed by atoms with van der Waals surface area (Å²) in [7, 11) is 0. The first-order valence-electron chi connectivity index (χ1n) is 6.39. The lowest BCUT2D eigenvalue weighted by molar-refractivity contribution is -0.155. The molecular formula is C14H17N3O3S. The van der Waals surface area contributed by atoms with Gasteiger partial charge in [0.1, 0.15) is 12.1 Å². The molecule has 2 N–H and O–H groups in total. The van der Waals surface area contributed by atoms with Crippen LogP contribution in [0.4, 0.5) is 0 Å². The van der Waals surface area contributed by atoms with Crippen LogP contribution in [0, 0.1) is 0 Å². The van der Waals surface area contributed by atoms with Gasteiger partial charge in [0.05, 0.1) is 10.6 Å². The highest BCUT2D eigenvalue weighted by Crippen LogP contribution is 2.25. The molecule has 2 aromatic rings. The molecule has 112 valence electrons. The molecule has 0 bridgehead atoms. The Morgan fingerprint density at radius 3 is 2.67 bits per heavy atom. The number of aromatic nitrogens is 2. The van der Waals surface area contributed by atoms with E-state index < -0.39 is 17.5 Å². The van der Waals surface area contributed by atoms with Crippen LogP contribution in [0.3, 0.4) is 0 Å². The molecule has 2 aromatic heterocycles. The van der Waals surface area contributed by atoms with Crippen LogP contribution in [0.2, 0.25) is 0 Å². The zero-order chi connectivity index (χ0) is 15.6. The van der Waals surface area contributed by atoms with Crippen LogP contribution >= 0.6 is 11.3 Å². The van der Waals surface area contributed by atoms with Crippen molar-refractivity contribution in [3.63, 3.8) is 0 Å². The molecule has 0 unspecified atom stereocenters. The lowest BCUT2D eigenvalue weighted by Gasteiger charge is -2.19. The number of hydrogen-bond donors (Lipinski definition) is 1. The Kier molecular flexibility index (Phi) is 4.13. The fourth-order valence-electron chi connectivity index (χ4n) is 1.78. The second-order valence-electron chi connectivity index (χ2n) is 5.50. The van der Waals surface area contributed by atoms with E-state index in [0.717, 1.165) is 4.88 Å². The van der Waals surface area contributed by atoms with Crippen molar-refractivity contribution in [3.8, 4) is 10.6 Å². The summed E-state index contributed by atoms with van der Waals surface area (Å²) >= 11 is 1.49. The van der Waals surface area contributed by atoms with E-state index in [1.165, 1.54) is 16.0 Å². The number of primary amides is 1. The smallest absolute Gasteiger partial charge is 0.328 e. The minimum atomic E-state index is -0.629. The summed E-state index contributed by atoms with van der Waals surface area (Å²) < 4.78 is 6.72. The van der Waals surface area contributed by atoms with Gasteiger partial charge in [0.15, 0.2) is 5.69 Å². The van der Waals surface area contributed by atoms with Crippen molar-refractivity contribution in [2.75, 3.05) is 0 Å². The first-order chi connectivity index (χ1) is 9.76. The zero-order valence-corrected chi connectivity index (χ0v) is 12.9. The van der Waals surface area contributed by atoms with Crippen LogP contribution in [0.5, 0.6) is 0 Å². The minimum absolute atomic E-state index is 0.0716. The molecule has 6 nitrogen and oxygen atoms in total. The van der Waals surface area contributed by atoms with Gasteiger partial charge in [-0.3, -0.25) is 14.3 Å². The third-order valence-corrected chi connectivity index (χ3v) is 3.40. The third-order valence-electron chi connectivity index (χ3n) is 2.50. The van der Waals surface area contributed by atoms with Crippen LogP contribution in [0.15, 0.2) is 23.6 Å². The van der Waals surface area contributed by atoms with Crippen molar-refractivity contribution < 1.29 is 14.3 Å². The molecule has 0 aromatic carbocycles. The van der Waals surface area contributed by atoms with Crippen molar-refractivity contribution in [3.05, 3.63) is 29.3 Å². The van der Waals surface area contributed by atoms with E-state index in [4.69, 9.17) is 10.5 Å². The number of ether oxygens (including phenoxy) is 1. The highest BCUT2D eigenvalue weighted by molar-refractivity contribution is 7.13. The molecule has 0 saturated heterocycles. The number of rotatable bonds is 4. The summed E-state index contributed by atoms with van der Waals surface area (Å²) in [5.41, 5.74) is 5.48. The molecule has 21 heavy (non-hydrogen) atoms. The van der Waals surface area contributed by atoms with Gasteiger partial charge >= 0.3 is 5.97 Å². The molecule has 0 aliphatic carbocycles. The van der Waals surface area contributed by atoms with E-state index in [1.807, 2.05) is 17.5 Å². The van der Waals surface area contributed by atoms with Gasteiger partial charge in [-0.25, -0.2) is 0 Å². The van der Waals surface area contributed by atoms with E-state index in [1.54, 1.807) is 26.8 Å². The summed E-state index contributed by atoms with van der Waals surface area (Å²) in [4.78, 5) is 24.1. The van der Waals surface area contributed by atoms with E-state index in [9.17, 15) is 9.59 Å². The average molecular weight is 307 g/mol. The molecule has 0 spiro atoms. The maximum atomic E-state index is 11.9. The van der Waals surface area contributed by atoms with Crippen LogP contribution in [-0.2, 0) is 16.1 Å². The molecule has 0 atom stereocenters. The van der Waals surface area contributed by atoms with Gasteiger partial charge in [0.25, 0.3) is 5.91 Å². The summed E-state index contributed by atoms with van der Waals surface area (Å²) in [6.45, 7) is 5.31. The van der Waals surface area contributed by atoms with Gasteiger partial charge in [-0.2, -0.15) is 5.10 Å². The van der Waals surface area contributed by atoms with Crippen LogP contribution in [0.25, 0.3) is 10.6 Å². The fourth-order valence-corrected chi connectivity index (χ4v) is 2.52. The number of nitrogens with zero attached hydrogens (tertiary/aromatic N) is 2. The van der Waals surface area contributed by atoms with Crippen molar-refractivity contribution in [1.29, 1.82) is 0 Å². The summed E-state index contributed by atoms with van der Waals surface area (Å²) in [6.07, 6.45) is 0. The van der Waals surface area contributed by atoms with E-state index in [2.05, 4.69) is 5.10 Å². The van der Waals surface area contributed by atoms with Gasteiger partial charge in [0.2, 0.25) is 0 Å².